The minimum absolute atomic E-state index is 0.111. The Morgan fingerprint density at radius 2 is 2.05 bits per heavy atom. The van der Waals surface area contributed by atoms with E-state index in [-0.39, 0.29) is 17.4 Å². The van der Waals surface area contributed by atoms with Crippen LogP contribution in [0.1, 0.15) is 50.6 Å². The molecule has 0 aliphatic heterocycles. The number of carboxylic acid groups (broad SMARTS) is 1. The van der Waals surface area contributed by atoms with Crippen LogP contribution in [0.4, 0.5) is 0 Å². The molecule has 1 heterocycles. The summed E-state index contributed by atoms with van der Waals surface area (Å²) in [6.07, 6.45) is 1.20. The molecule has 1 aromatic carbocycles. The molecule has 6 heteroatoms. The predicted octanol–water partition coefficient (Wildman–Crippen LogP) is 2.22. The summed E-state index contributed by atoms with van der Waals surface area (Å²) < 4.78 is 0. The van der Waals surface area contributed by atoms with Gasteiger partial charge in [-0.1, -0.05) is 23.8 Å². The van der Waals surface area contributed by atoms with Crippen molar-refractivity contribution in [1.29, 1.82) is 0 Å². The third-order valence-corrected chi connectivity index (χ3v) is 3.32. The molecule has 3 N–H and O–H groups in total. The zero-order valence-corrected chi connectivity index (χ0v) is 12.1. The van der Waals surface area contributed by atoms with Gasteiger partial charge in [0.15, 0.2) is 11.4 Å². The summed E-state index contributed by atoms with van der Waals surface area (Å²) in [5.74, 6) is -1.72. The van der Waals surface area contributed by atoms with E-state index in [1.807, 2.05) is 39.0 Å². The minimum Gasteiger partial charge on any atom is -0.477 e. The van der Waals surface area contributed by atoms with Crippen LogP contribution >= 0.6 is 0 Å². The van der Waals surface area contributed by atoms with Gasteiger partial charge >= 0.3 is 5.97 Å². The molecule has 0 saturated carbocycles. The van der Waals surface area contributed by atoms with E-state index in [1.165, 1.54) is 6.33 Å². The molecule has 110 valence electrons. The Balaban J connectivity index is 2.21. The van der Waals surface area contributed by atoms with Crippen LogP contribution in [0.2, 0.25) is 0 Å². The molecule has 1 amide bonds. The van der Waals surface area contributed by atoms with Gasteiger partial charge in [0.25, 0.3) is 5.91 Å². The van der Waals surface area contributed by atoms with Crippen molar-refractivity contribution in [1.82, 2.24) is 15.3 Å². The SMILES string of the molecule is Cc1ccc(C)c(C(C)NC(=O)c2nc[nH]c2C(=O)O)c1. The summed E-state index contributed by atoms with van der Waals surface area (Å²) in [5.41, 5.74) is 2.84. The average molecular weight is 287 g/mol. The van der Waals surface area contributed by atoms with Crippen LogP contribution in [-0.2, 0) is 0 Å². The summed E-state index contributed by atoms with van der Waals surface area (Å²) in [7, 11) is 0. The van der Waals surface area contributed by atoms with E-state index in [1.54, 1.807) is 0 Å². The van der Waals surface area contributed by atoms with Gasteiger partial charge in [-0.2, -0.15) is 0 Å². The van der Waals surface area contributed by atoms with Crippen molar-refractivity contribution in [3.63, 3.8) is 0 Å². The highest BCUT2D eigenvalue weighted by Gasteiger charge is 2.21. The van der Waals surface area contributed by atoms with Crippen molar-refractivity contribution >= 4 is 11.9 Å². The molecule has 0 bridgehead atoms. The van der Waals surface area contributed by atoms with Gasteiger partial charge in [-0.05, 0) is 31.9 Å². The first kappa shape index (κ1) is 14.8. The van der Waals surface area contributed by atoms with Crippen molar-refractivity contribution < 1.29 is 14.7 Å². The van der Waals surface area contributed by atoms with E-state index >= 15 is 0 Å². The third kappa shape index (κ3) is 3.10. The first-order valence-corrected chi connectivity index (χ1v) is 6.55. The molecule has 0 saturated heterocycles. The molecule has 6 nitrogen and oxygen atoms in total. The van der Waals surface area contributed by atoms with Crippen LogP contribution in [0.25, 0.3) is 0 Å². The van der Waals surface area contributed by atoms with Crippen molar-refractivity contribution in [3.05, 3.63) is 52.6 Å². The molecule has 0 spiro atoms. The number of amides is 1. The number of aromatic carboxylic acids is 1. The number of aromatic nitrogens is 2. The summed E-state index contributed by atoms with van der Waals surface area (Å²) >= 11 is 0. The summed E-state index contributed by atoms with van der Waals surface area (Å²) in [6.45, 7) is 5.80. The number of aromatic amines is 1. The molecule has 1 unspecified atom stereocenters. The van der Waals surface area contributed by atoms with Crippen molar-refractivity contribution in [2.24, 2.45) is 0 Å². The Kier molecular flexibility index (Phi) is 4.07. The lowest BCUT2D eigenvalue weighted by Gasteiger charge is -2.17. The Morgan fingerprint density at radius 1 is 1.33 bits per heavy atom. The van der Waals surface area contributed by atoms with Gasteiger partial charge < -0.3 is 15.4 Å². The zero-order chi connectivity index (χ0) is 15.6. The molecule has 1 aromatic heterocycles. The van der Waals surface area contributed by atoms with Gasteiger partial charge in [0.2, 0.25) is 0 Å². The number of imidazole rings is 1. The highest BCUT2D eigenvalue weighted by molar-refractivity contribution is 6.02. The lowest BCUT2D eigenvalue weighted by Crippen LogP contribution is -2.28. The largest absolute Gasteiger partial charge is 0.477 e. The second-order valence-corrected chi connectivity index (χ2v) is 4.99. The van der Waals surface area contributed by atoms with Gasteiger partial charge in [0, 0.05) is 0 Å². The molecule has 0 aliphatic rings. The lowest BCUT2D eigenvalue weighted by atomic mass is 10.00. The number of benzene rings is 1. The first-order chi connectivity index (χ1) is 9.90. The molecular weight excluding hydrogens is 270 g/mol. The van der Waals surface area contributed by atoms with Gasteiger partial charge in [-0.25, -0.2) is 9.78 Å². The fraction of sp³-hybridized carbons (Fsp3) is 0.267. The average Bonchev–Trinajstić information content (AvgIpc) is 2.91. The third-order valence-electron chi connectivity index (χ3n) is 3.32. The van der Waals surface area contributed by atoms with Crippen molar-refractivity contribution in [2.45, 2.75) is 26.8 Å². The van der Waals surface area contributed by atoms with Crippen LogP contribution in [-0.4, -0.2) is 27.0 Å². The maximum Gasteiger partial charge on any atom is 0.354 e. The summed E-state index contributed by atoms with van der Waals surface area (Å²) in [4.78, 5) is 29.4. The zero-order valence-electron chi connectivity index (χ0n) is 12.1. The highest BCUT2D eigenvalue weighted by atomic mass is 16.4. The number of aryl methyl sites for hydroxylation is 2. The Morgan fingerprint density at radius 3 is 2.71 bits per heavy atom. The van der Waals surface area contributed by atoms with Crippen LogP contribution < -0.4 is 5.32 Å². The van der Waals surface area contributed by atoms with Crippen molar-refractivity contribution in [2.75, 3.05) is 0 Å². The van der Waals surface area contributed by atoms with Crippen LogP contribution in [0.15, 0.2) is 24.5 Å². The van der Waals surface area contributed by atoms with Crippen LogP contribution in [0.5, 0.6) is 0 Å². The number of hydrogen-bond acceptors (Lipinski definition) is 3. The molecule has 2 aromatic rings. The molecule has 21 heavy (non-hydrogen) atoms. The second kappa shape index (κ2) is 5.78. The number of rotatable bonds is 4. The van der Waals surface area contributed by atoms with Crippen LogP contribution in [0.3, 0.4) is 0 Å². The van der Waals surface area contributed by atoms with Crippen molar-refractivity contribution in [3.8, 4) is 0 Å². The number of nitrogens with zero attached hydrogens (tertiary/aromatic N) is 1. The standard InChI is InChI=1S/C15H17N3O3/c1-8-4-5-9(2)11(6-8)10(3)18-14(19)12-13(15(20)21)17-7-16-12/h4-7,10H,1-3H3,(H,16,17)(H,18,19)(H,20,21). The van der Waals surface area contributed by atoms with Gasteiger partial charge in [-0.15, -0.1) is 0 Å². The first-order valence-electron chi connectivity index (χ1n) is 6.55. The Hall–Kier alpha value is -2.63. The number of H-pyrrole nitrogens is 1. The summed E-state index contributed by atoms with van der Waals surface area (Å²) in [6, 6.07) is 5.76. The normalized spacial score (nSPS) is 12.0. The monoisotopic (exact) mass is 287 g/mol. The summed E-state index contributed by atoms with van der Waals surface area (Å²) in [5, 5.41) is 11.8. The molecule has 1 atom stereocenters. The van der Waals surface area contributed by atoms with E-state index in [4.69, 9.17) is 5.11 Å². The predicted molar refractivity (Wildman–Crippen MR) is 77.3 cm³/mol. The van der Waals surface area contributed by atoms with E-state index in [0.717, 1.165) is 16.7 Å². The quantitative estimate of drug-likeness (QED) is 0.803. The van der Waals surface area contributed by atoms with E-state index in [9.17, 15) is 9.59 Å². The number of nitrogens with one attached hydrogen (secondary N) is 2. The Labute approximate surface area is 122 Å². The number of carbonyl (C=O) groups excluding carboxylic acids is 1. The van der Waals surface area contributed by atoms with Gasteiger partial charge in [0.1, 0.15) is 0 Å². The molecule has 0 aliphatic carbocycles. The number of carboxylic acids is 1. The maximum atomic E-state index is 12.2. The number of carbonyl (C=O) groups is 2. The highest BCUT2D eigenvalue weighted by Crippen LogP contribution is 2.19. The minimum atomic E-state index is -1.21. The van der Waals surface area contributed by atoms with E-state index < -0.39 is 11.9 Å². The van der Waals surface area contributed by atoms with Crippen LogP contribution in [0, 0.1) is 13.8 Å². The molecule has 2 rings (SSSR count). The smallest absolute Gasteiger partial charge is 0.354 e. The van der Waals surface area contributed by atoms with E-state index in [0.29, 0.717) is 0 Å². The number of hydrogen-bond donors (Lipinski definition) is 3. The molecular formula is C15H17N3O3. The van der Waals surface area contributed by atoms with Gasteiger partial charge in [0.05, 0.1) is 12.4 Å². The maximum absolute atomic E-state index is 12.2. The second-order valence-electron chi connectivity index (χ2n) is 4.99. The topological polar surface area (TPSA) is 95.1 Å². The van der Waals surface area contributed by atoms with Gasteiger partial charge in [-0.3, -0.25) is 4.79 Å². The molecule has 0 fully saturated rings. The fourth-order valence-corrected chi connectivity index (χ4v) is 2.20. The lowest BCUT2D eigenvalue weighted by molar-refractivity contribution is 0.0684. The van der Waals surface area contributed by atoms with E-state index in [2.05, 4.69) is 15.3 Å². The molecule has 0 radical (unpaired) electrons. The fourth-order valence-electron chi connectivity index (χ4n) is 2.20. The Bertz CT molecular complexity index is 691.